The minimum absolute atomic E-state index is 0.214. The Hall–Kier alpha value is -1.65. The van der Waals surface area contributed by atoms with Crippen molar-refractivity contribution in [1.82, 2.24) is 9.97 Å². The maximum atomic E-state index is 6.00. The summed E-state index contributed by atoms with van der Waals surface area (Å²) in [6, 6.07) is 8.06. The van der Waals surface area contributed by atoms with E-state index in [0.717, 1.165) is 22.4 Å². The minimum Gasteiger partial charge on any atom is -0.438 e. The second kappa shape index (κ2) is 5.62. The Morgan fingerprint density at radius 2 is 1.95 bits per heavy atom. The van der Waals surface area contributed by atoms with Crippen molar-refractivity contribution in [3.05, 3.63) is 45.6 Å². The lowest BCUT2D eigenvalue weighted by atomic mass is 10.1. The summed E-state index contributed by atoms with van der Waals surface area (Å²) in [5, 5.41) is 1.13. The van der Waals surface area contributed by atoms with Crippen LogP contribution >= 0.6 is 22.9 Å². The van der Waals surface area contributed by atoms with Crippen LogP contribution in [-0.2, 0) is 6.42 Å². The van der Waals surface area contributed by atoms with Crippen molar-refractivity contribution in [3.63, 3.8) is 0 Å². The van der Waals surface area contributed by atoms with E-state index in [-0.39, 0.29) is 5.28 Å². The number of rotatable bonds is 3. The van der Waals surface area contributed by atoms with E-state index in [4.69, 9.17) is 16.3 Å². The van der Waals surface area contributed by atoms with Crippen LogP contribution in [-0.4, -0.2) is 9.97 Å². The van der Waals surface area contributed by atoms with Crippen molar-refractivity contribution in [1.29, 1.82) is 0 Å². The molecule has 0 fully saturated rings. The van der Waals surface area contributed by atoms with Crippen LogP contribution in [0, 0.1) is 13.8 Å². The molecule has 2 heterocycles. The number of ether oxygens (including phenoxy) is 1. The summed E-state index contributed by atoms with van der Waals surface area (Å²) >= 11 is 7.63. The zero-order chi connectivity index (χ0) is 15.0. The van der Waals surface area contributed by atoms with Gasteiger partial charge >= 0.3 is 0 Å². The lowest BCUT2D eigenvalue weighted by molar-refractivity contribution is 0.468. The second-order valence-electron chi connectivity index (χ2n) is 4.93. The van der Waals surface area contributed by atoms with Crippen LogP contribution in [0.25, 0.3) is 10.2 Å². The average molecular weight is 319 g/mol. The van der Waals surface area contributed by atoms with Crippen LogP contribution < -0.4 is 4.74 Å². The van der Waals surface area contributed by atoms with Crippen LogP contribution in [0.1, 0.15) is 22.9 Å². The summed E-state index contributed by atoms with van der Waals surface area (Å²) in [4.78, 5) is 10.6. The Balaban J connectivity index is 2.06. The highest BCUT2D eigenvalue weighted by Crippen LogP contribution is 2.34. The first kappa shape index (κ1) is 14.3. The highest BCUT2D eigenvalue weighted by atomic mass is 35.5. The maximum absolute atomic E-state index is 6.00. The minimum atomic E-state index is 0.214. The summed E-state index contributed by atoms with van der Waals surface area (Å²) < 4.78 is 5.94. The molecule has 2 aromatic heterocycles. The predicted octanol–water partition coefficient (Wildman–Crippen LogP) is 5.32. The number of hydrogen-bond donors (Lipinski definition) is 0. The van der Waals surface area contributed by atoms with Crippen LogP contribution in [0.5, 0.6) is 11.6 Å². The van der Waals surface area contributed by atoms with E-state index >= 15 is 0 Å². The molecule has 0 radical (unpaired) electrons. The molecule has 21 heavy (non-hydrogen) atoms. The van der Waals surface area contributed by atoms with Gasteiger partial charge in [0.25, 0.3) is 0 Å². The molecule has 0 unspecified atom stereocenters. The number of thiophene rings is 1. The lowest BCUT2D eigenvalue weighted by Crippen LogP contribution is -1.92. The van der Waals surface area contributed by atoms with Gasteiger partial charge in [-0.15, -0.1) is 11.3 Å². The molecule has 0 aliphatic rings. The van der Waals surface area contributed by atoms with E-state index in [9.17, 15) is 0 Å². The zero-order valence-electron chi connectivity index (χ0n) is 12.1. The molecular weight excluding hydrogens is 304 g/mol. The largest absolute Gasteiger partial charge is 0.438 e. The fraction of sp³-hybridized carbons (Fsp3) is 0.250. The van der Waals surface area contributed by atoms with E-state index in [1.807, 2.05) is 18.2 Å². The summed E-state index contributed by atoms with van der Waals surface area (Å²) in [6.07, 6.45) is 0.960. The normalized spacial score (nSPS) is 11.0. The fourth-order valence-corrected chi connectivity index (χ4v) is 3.23. The molecule has 0 aliphatic carbocycles. The first-order valence-electron chi connectivity index (χ1n) is 6.78. The van der Waals surface area contributed by atoms with Gasteiger partial charge in [-0.3, -0.25) is 0 Å². The number of aromatic nitrogens is 2. The number of halogens is 1. The second-order valence-corrected chi connectivity index (χ2v) is 6.38. The molecule has 0 amide bonds. The van der Waals surface area contributed by atoms with Crippen molar-refractivity contribution in [2.75, 3.05) is 0 Å². The summed E-state index contributed by atoms with van der Waals surface area (Å²) in [7, 11) is 0. The Morgan fingerprint density at radius 3 is 2.67 bits per heavy atom. The molecule has 0 spiro atoms. The first-order chi connectivity index (χ1) is 10.1. The number of nitrogens with zero attached hydrogens (tertiary/aromatic N) is 2. The third kappa shape index (κ3) is 2.87. The van der Waals surface area contributed by atoms with Gasteiger partial charge in [0.15, 0.2) is 0 Å². The highest BCUT2D eigenvalue weighted by molar-refractivity contribution is 7.18. The van der Waals surface area contributed by atoms with Gasteiger partial charge < -0.3 is 4.74 Å². The third-order valence-corrected chi connectivity index (χ3v) is 4.77. The Kier molecular flexibility index (Phi) is 3.83. The number of benzene rings is 1. The van der Waals surface area contributed by atoms with E-state index < -0.39 is 0 Å². The molecule has 0 bridgehead atoms. The molecule has 3 aromatic rings. The average Bonchev–Trinajstić information content (AvgIpc) is 2.86. The van der Waals surface area contributed by atoms with Gasteiger partial charge in [-0.25, -0.2) is 4.98 Å². The standard InChI is InChI=1S/C16H15ClN2OS/c1-4-12-8-13-14(18-16(17)19-15(13)21-12)20-11-6-5-9(2)10(3)7-11/h5-8H,4H2,1-3H3. The molecule has 0 aliphatic heterocycles. The number of hydrogen-bond acceptors (Lipinski definition) is 4. The van der Waals surface area contributed by atoms with Gasteiger partial charge in [-0.05, 0) is 61.2 Å². The van der Waals surface area contributed by atoms with Crippen molar-refractivity contribution >= 4 is 33.2 Å². The predicted molar refractivity (Wildman–Crippen MR) is 87.8 cm³/mol. The lowest BCUT2D eigenvalue weighted by Gasteiger charge is -2.08. The molecule has 3 nitrogen and oxygen atoms in total. The van der Waals surface area contributed by atoms with Gasteiger partial charge in [0.1, 0.15) is 10.6 Å². The SMILES string of the molecule is CCc1cc2c(Oc3ccc(C)c(C)c3)nc(Cl)nc2s1. The topological polar surface area (TPSA) is 35.0 Å². The van der Waals surface area contributed by atoms with Gasteiger partial charge in [0.05, 0.1) is 5.39 Å². The Bertz CT molecular complexity index is 813. The van der Waals surface area contributed by atoms with E-state index in [0.29, 0.717) is 5.88 Å². The molecule has 0 atom stereocenters. The third-order valence-electron chi connectivity index (χ3n) is 3.42. The first-order valence-corrected chi connectivity index (χ1v) is 7.97. The Labute approximate surface area is 132 Å². The molecule has 0 N–H and O–H groups in total. The van der Waals surface area contributed by atoms with Gasteiger partial charge in [0, 0.05) is 4.88 Å². The number of aryl methyl sites for hydroxylation is 3. The van der Waals surface area contributed by atoms with Crippen molar-refractivity contribution in [2.45, 2.75) is 27.2 Å². The van der Waals surface area contributed by atoms with Gasteiger partial charge in [0.2, 0.25) is 11.2 Å². The maximum Gasteiger partial charge on any atom is 0.232 e. The monoisotopic (exact) mass is 318 g/mol. The van der Waals surface area contributed by atoms with Crippen LogP contribution in [0.4, 0.5) is 0 Å². The fourth-order valence-electron chi connectivity index (χ4n) is 2.06. The van der Waals surface area contributed by atoms with Crippen LogP contribution in [0.2, 0.25) is 5.28 Å². The summed E-state index contributed by atoms with van der Waals surface area (Å²) in [5.74, 6) is 1.28. The van der Waals surface area contributed by atoms with Crippen molar-refractivity contribution < 1.29 is 4.74 Å². The summed E-state index contributed by atoms with van der Waals surface area (Å²) in [5.41, 5.74) is 2.42. The van der Waals surface area contributed by atoms with Crippen LogP contribution in [0.3, 0.4) is 0 Å². The molecule has 0 saturated heterocycles. The highest BCUT2D eigenvalue weighted by Gasteiger charge is 2.12. The van der Waals surface area contributed by atoms with Crippen molar-refractivity contribution in [3.8, 4) is 11.6 Å². The summed E-state index contributed by atoms with van der Waals surface area (Å²) in [6.45, 7) is 6.25. The molecular formula is C16H15ClN2OS. The van der Waals surface area contributed by atoms with E-state index in [1.165, 1.54) is 16.0 Å². The van der Waals surface area contributed by atoms with Gasteiger partial charge in [-0.1, -0.05) is 13.0 Å². The molecule has 1 aromatic carbocycles. The Morgan fingerprint density at radius 1 is 1.14 bits per heavy atom. The number of fused-ring (bicyclic) bond motifs is 1. The smallest absolute Gasteiger partial charge is 0.232 e. The van der Waals surface area contributed by atoms with E-state index in [2.05, 4.69) is 36.8 Å². The molecule has 108 valence electrons. The quantitative estimate of drug-likeness (QED) is 0.613. The molecule has 0 saturated carbocycles. The zero-order valence-corrected chi connectivity index (χ0v) is 13.7. The van der Waals surface area contributed by atoms with Gasteiger partial charge in [-0.2, -0.15) is 4.98 Å². The van der Waals surface area contributed by atoms with Crippen LogP contribution in [0.15, 0.2) is 24.3 Å². The van der Waals surface area contributed by atoms with E-state index in [1.54, 1.807) is 11.3 Å². The molecule has 3 rings (SSSR count). The molecule has 5 heteroatoms. The van der Waals surface area contributed by atoms with Crippen molar-refractivity contribution in [2.24, 2.45) is 0 Å².